The monoisotopic (exact) mass is 287 g/mol. The van der Waals surface area contributed by atoms with E-state index in [0.717, 1.165) is 11.1 Å². The van der Waals surface area contributed by atoms with Gasteiger partial charge in [0.1, 0.15) is 5.75 Å². The summed E-state index contributed by atoms with van der Waals surface area (Å²) in [5, 5.41) is 10.5. The first kappa shape index (κ1) is 16.1. The van der Waals surface area contributed by atoms with E-state index in [1.165, 1.54) is 32.1 Å². The Balaban J connectivity index is 2.13. The Hall–Kier alpha value is -1.31. The average Bonchev–Trinajstić information content (AvgIpc) is 2.45. The molecule has 0 radical (unpaired) electrons. The fourth-order valence-electron chi connectivity index (χ4n) is 3.21. The minimum Gasteiger partial charge on any atom is -0.507 e. The van der Waals surface area contributed by atoms with Crippen LogP contribution in [0, 0.1) is 5.92 Å². The fraction of sp³-hybridized carbons (Fsp3) is 0.632. The van der Waals surface area contributed by atoms with Crippen LogP contribution in [0.4, 0.5) is 0 Å². The zero-order valence-electron chi connectivity index (χ0n) is 13.9. The minimum atomic E-state index is -0.0527. The predicted molar refractivity (Wildman–Crippen MR) is 90.4 cm³/mol. The van der Waals surface area contributed by atoms with Crippen LogP contribution in [0.5, 0.6) is 5.75 Å². The second kappa shape index (κ2) is 6.64. The predicted octanol–water partition coefficient (Wildman–Crippen LogP) is 5.08. The van der Waals surface area contributed by atoms with E-state index < -0.39 is 0 Å². The largest absolute Gasteiger partial charge is 0.507 e. The van der Waals surface area contributed by atoms with Crippen molar-refractivity contribution in [3.8, 4) is 5.75 Å². The van der Waals surface area contributed by atoms with E-state index in [0.29, 0.717) is 17.7 Å². The molecule has 0 saturated heterocycles. The highest BCUT2D eigenvalue weighted by molar-refractivity contribution is 5.84. The molecule has 1 aromatic rings. The van der Waals surface area contributed by atoms with Gasteiger partial charge in [-0.1, -0.05) is 52.2 Å². The smallest absolute Gasteiger partial charge is 0.128 e. The van der Waals surface area contributed by atoms with E-state index in [4.69, 9.17) is 4.99 Å². The number of hydrogen-bond acceptors (Lipinski definition) is 2. The van der Waals surface area contributed by atoms with Crippen molar-refractivity contribution in [2.24, 2.45) is 10.9 Å². The van der Waals surface area contributed by atoms with Gasteiger partial charge in [-0.3, -0.25) is 4.99 Å². The van der Waals surface area contributed by atoms with Gasteiger partial charge in [0.2, 0.25) is 0 Å². The van der Waals surface area contributed by atoms with Crippen LogP contribution < -0.4 is 0 Å². The Morgan fingerprint density at radius 1 is 1.19 bits per heavy atom. The number of aliphatic imine (C=N–C) groups is 1. The van der Waals surface area contributed by atoms with Crippen LogP contribution in [-0.2, 0) is 5.41 Å². The highest BCUT2D eigenvalue weighted by Gasteiger charge is 2.20. The number of hydrogen-bond donors (Lipinski definition) is 1. The van der Waals surface area contributed by atoms with Gasteiger partial charge in [0.25, 0.3) is 0 Å². The zero-order chi connectivity index (χ0) is 15.5. The van der Waals surface area contributed by atoms with Gasteiger partial charge >= 0.3 is 0 Å². The number of nitrogens with zero attached hydrogens (tertiary/aromatic N) is 1. The van der Waals surface area contributed by atoms with Gasteiger partial charge in [-0.05, 0) is 42.7 Å². The molecule has 0 amide bonds. The number of rotatable bonds is 3. The van der Waals surface area contributed by atoms with E-state index >= 15 is 0 Å². The maximum atomic E-state index is 10.5. The molecule has 116 valence electrons. The molecule has 1 aliphatic carbocycles. The minimum absolute atomic E-state index is 0.0527. The topological polar surface area (TPSA) is 32.6 Å². The SMILES string of the molecule is C[C@@H](N=Cc1cccc(C(C)(C)C)c1O)C1CCCCC1. The van der Waals surface area contributed by atoms with Crippen molar-refractivity contribution in [3.63, 3.8) is 0 Å². The Morgan fingerprint density at radius 2 is 1.86 bits per heavy atom. The molecule has 0 heterocycles. The summed E-state index contributed by atoms with van der Waals surface area (Å²) >= 11 is 0. The molecular weight excluding hydrogens is 258 g/mol. The molecule has 1 atom stereocenters. The van der Waals surface area contributed by atoms with Gasteiger partial charge in [-0.2, -0.15) is 0 Å². The lowest BCUT2D eigenvalue weighted by atomic mass is 9.84. The second-order valence-corrected chi connectivity index (χ2v) is 7.41. The summed E-state index contributed by atoms with van der Waals surface area (Å²) in [5.41, 5.74) is 1.77. The summed E-state index contributed by atoms with van der Waals surface area (Å²) < 4.78 is 0. The van der Waals surface area contributed by atoms with Crippen molar-refractivity contribution in [1.82, 2.24) is 0 Å². The van der Waals surface area contributed by atoms with Gasteiger partial charge in [-0.15, -0.1) is 0 Å². The average molecular weight is 287 g/mol. The Labute approximate surface area is 129 Å². The van der Waals surface area contributed by atoms with E-state index in [1.54, 1.807) is 0 Å². The molecule has 1 aliphatic rings. The summed E-state index contributed by atoms with van der Waals surface area (Å²) in [7, 11) is 0. The second-order valence-electron chi connectivity index (χ2n) is 7.41. The number of phenols is 1. The first-order valence-corrected chi connectivity index (χ1v) is 8.25. The molecule has 0 aromatic heterocycles. The van der Waals surface area contributed by atoms with Crippen LogP contribution in [0.25, 0.3) is 0 Å². The summed E-state index contributed by atoms with van der Waals surface area (Å²) in [6, 6.07) is 6.30. The van der Waals surface area contributed by atoms with Crippen LogP contribution in [-0.4, -0.2) is 17.4 Å². The lowest BCUT2D eigenvalue weighted by Crippen LogP contribution is -2.18. The summed E-state index contributed by atoms with van der Waals surface area (Å²) in [5.74, 6) is 1.09. The molecule has 1 N–H and O–H groups in total. The van der Waals surface area contributed by atoms with Crippen molar-refractivity contribution in [2.45, 2.75) is 71.3 Å². The van der Waals surface area contributed by atoms with Crippen LogP contribution in [0.3, 0.4) is 0 Å². The lowest BCUT2D eigenvalue weighted by molar-refractivity contribution is 0.318. The van der Waals surface area contributed by atoms with Crippen molar-refractivity contribution >= 4 is 6.21 Å². The zero-order valence-corrected chi connectivity index (χ0v) is 13.9. The third-order valence-electron chi connectivity index (χ3n) is 4.66. The normalized spacial score (nSPS) is 19.0. The van der Waals surface area contributed by atoms with Crippen LogP contribution >= 0.6 is 0 Å². The standard InChI is InChI=1S/C19H29NO/c1-14(15-9-6-5-7-10-15)20-13-16-11-8-12-17(18(16)21)19(2,3)4/h8,11-15,21H,5-7,9-10H2,1-4H3/t14-/m1/s1. The maximum Gasteiger partial charge on any atom is 0.128 e. The van der Waals surface area contributed by atoms with E-state index in [-0.39, 0.29) is 5.41 Å². The first-order chi connectivity index (χ1) is 9.89. The third-order valence-corrected chi connectivity index (χ3v) is 4.66. The Bertz CT molecular complexity index is 493. The third kappa shape index (κ3) is 4.09. The summed E-state index contributed by atoms with van der Waals surface area (Å²) in [4.78, 5) is 4.72. The molecule has 0 unspecified atom stereocenters. The van der Waals surface area contributed by atoms with Crippen molar-refractivity contribution in [2.75, 3.05) is 0 Å². The van der Waals surface area contributed by atoms with E-state index in [1.807, 2.05) is 24.4 Å². The molecule has 1 fully saturated rings. The molecule has 0 bridgehead atoms. The maximum absolute atomic E-state index is 10.5. The van der Waals surface area contributed by atoms with Gasteiger partial charge in [0.15, 0.2) is 0 Å². The quantitative estimate of drug-likeness (QED) is 0.773. The Kier molecular flexibility index (Phi) is 5.08. The fourth-order valence-corrected chi connectivity index (χ4v) is 3.21. The molecule has 2 nitrogen and oxygen atoms in total. The number of para-hydroxylation sites is 1. The van der Waals surface area contributed by atoms with Gasteiger partial charge in [0.05, 0.1) is 0 Å². The van der Waals surface area contributed by atoms with E-state index in [2.05, 4.69) is 27.7 Å². The van der Waals surface area contributed by atoms with Gasteiger partial charge in [-0.25, -0.2) is 0 Å². The summed E-state index contributed by atoms with van der Waals surface area (Å²) in [6.45, 7) is 8.56. The number of phenolic OH excluding ortho intramolecular Hbond substituents is 1. The van der Waals surface area contributed by atoms with Crippen LogP contribution in [0.1, 0.15) is 70.9 Å². The number of benzene rings is 1. The molecule has 0 aliphatic heterocycles. The highest BCUT2D eigenvalue weighted by atomic mass is 16.3. The van der Waals surface area contributed by atoms with Crippen LogP contribution in [0.15, 0.2) is 23.2 Å². The van der Waals surface area contributed by atoms with Crippen LogP contribution in [0.2, 0.25) is 0 Å². The molecule has 1 saturated carbocycles. The number of aromatic hydroxyl groups is 1. The molecular formula is C19H29NO. The molecule has 0 spiro atoms. The van der Waals surface area contributed by atoms with Gasteiger partial charge in [0, 0.05) is 17.8 Å². The molecule has 21 heavy (non-hydrogen) atoms. The highest BCUT2D eigenvalue weighted by Crippen LogP contribution is 2.33. The van der Waals surface area contributed by atoms with Crippen molar-refractivity contribution in [1.29, 1.82) is 0 Å². The Morgan fingerprint density at radius 3 is 2.48 bits per heavy atom. The van der Waals surface area contributed by atoms with Crippen molar-refractivity contribution < 1.29 is 5.11 Å². The first-order valence-electron chi connectivity index (χ1n) is 8.25. The summed E-state index contributed by atoms with van der Waals surface area (Å²) in [6.07, 6.45) is 8.52. The molecule has 2 heteroatoms. The van der Waals surface area contributed by atoms with Gasteiger partial charge < -0.3 is 5.11 Å². The van der Waals surface area contributed by atoms with E-state index in [9.17, 15) is 5.11 Å². The molecule has 2 rings (SSSR count). The lowest BCUT2D eigenvalue weighted by Gasteiger charge is -2.25. The molecule has 1 aromatic carbocycles. The van der Waals surface area contributed by atoms with Crippen molar-refractivity contribution in [3.05, 3.63) is 29.3 Å².